The molecule has 0 bridgehead atoms. The van der Waals surface area contributed by atoms with Crippen molar-refractivity contribution in [1.82, 2.24) is 0 Å². The van der Waals surface area contributed by atoms with Gasteiger partial charge in [0.1, 0.15) is 5.00 Å². The predicted octanol–water partition coefficient (Wildman–Crippen LogP) is 1.61. The van der Waals surface area contributed by atoms with Crippen molar-refractivity contribution in [2.75, 3.05) is 18.9 Å². The maximum atomic E-state index is 11.6. The summed E-state index contributed by atoms with van der Waals surface area (Å²) in [6, 6.07) is 0. The average molecular weight is 257 g/mol. The highest BCUT2D eigenvalue weighted by atomic mass is 32.1. The van der Waals surface area contributed by atoms with Crippen LogP contribution in [0.25, 0.3) is 0 Å². The first-order valence-corrected chi connectivity index (χ1v) is 6.16. The van der Waals surface area contributed by atoms with Gasteiger partial charge < -0.3 is 15.2 Å². The first-order chi connectivity index (χ1) is 8.10. The third-order valence-corrected chi connectivity index (χ3v) is 2.88. The lowest BCUT2D eigenvalue weighted by molar-refractivity contribution is -0.142. The van der Waals surface area contributed by atoms with E-state index in [1.165, 1.54) is 11.3 Å². The Hall–Kier alpha value is -1.56. The number of hydrogen-bond donors (Lipinski definition) is 1. The third-order valence-electron chi connectivity index (χ3n) is 2.02. The fraction of sp³-hybridized carbons (Fsp3) is 0.455. The van der Waals surface area contributed by atoms with E-state index in [-0.39, 0.29) is 24.6 Å². The summed E-state index contributed by atoms with van der Waals surface area (Å²) < 4.78 is 9.71. The van der Waals surface area contributed by atoms with Crippen molar-refractivity contribution >= 4 is 28.3 Å². The Balaban J connectivity index is 2.86. The van der Waals surface area contributed by atoms with Crippen LogP contribution in [0.1, 0.15) is 29.8 Å². The highest BCUT2D eigenvalue weighted by molar-refractivity contribution is 7.14. The molecule has 0 aromatic carbocycles. The summed E-state index contributed by atoms with van der Waals surface area (Å²) >= 11 is 1.21. The Bertz CT molecular complexity index is 414. The van der Waals surface area contributed by atoms with Crippen LogP contribution in [0, 0.1) is 0 Å². The van der Waals surface area contributed by atoms with Gasteiger partial charge in [-0.15, -0.1) is 11.3 Å². The lowest BCUT2D eigenvalue weighted by Gasteiger charge is -2.05. The molecule has 6 heteroatoms. The monoisotopic (exact) mass is 257 g/mol. The Morgan fingerprint density at radius 1 is 1.29 bits per heavy atom. The molecule has 0 atom stereocenters. The zero-order chi connectivity index (χ0) is 12.8. The minimum absolute atomic E-state index is 0.0374. The Labute approximate surface area is 104 Å². The number of anilines is 1. The van der Waals surface area contributed by atoms with E-state index in [0.717, 1.165) is 0 Å². The van der Waals surface area contributed by atoms with Crippen molar-refractivity contribution in [2.24, 2.45) is 0 Å². The molecule has 0 spiro atoms. The van der Waals surface area contributed by atoms with Gasteiger partial charge in [0.05, 0.1) is 25.2 Å². The van der Waals surface area contributed by atoms with Gasteiger partial charge in [0.15, 0.2) is 0 Å². The molecule has 0 unspecified atom stereocenters. The Kier molecular flexibility index (Phi) is 4.96. The van der Waals surface area contributed by atoms with Gasteiger partial charge in [-0.05, 0) is 24.8 Å². The Morgan fingerprint density at radius 2 is 1.94 bits per heavy atom. The van der Waals surface area contributed by atoms with E-state index >= 15 is 0 Å². The van der Waals surface area contributed by atoms with Gasteiger partial charge in [-0.2, -0.15) is 0 Å². The number of nitrogens with two attached hydrogens (primary N) is 1. The van der Waals surface area contributed by atoms with Gasteiger partial charge in [0, 0.05) is 0 Å². The predicted molar refractivity (Wildman–Crippen MR) is 65.0 cm³/mol. The molecule has 5 nitrogen and oxygen atoms in total. The normalized spacial score (nSPS) is 10.0. The summed E-state index contributed by atoms with van der Waals surface area (Å²) in [5.74, 6) is -0.874. The largest absolute Gasteiger partial charge is 0.466 e. The number of esters is 2. The number of nitrogen functional groups attached to an aromatic ring is 1. The molecule has 17 heavy (non-hydrogen) atoms. The van der Waals surface area contributed by atoms with E-state index in [1.807, 2.05) is 0 Å². The van der Waals surface area contributed by atoms with Crippen LogP contribution in [0.15, 0.2) is 5.38 Å². The summed E-state index contributed by atoms with van der Waals surface area (Å²) in [6.45, 7) is 4.03. The van der Waals surface area contributed by atoms with Crippen LogP contribution in [0.2, 0.25) is 0 Å². The van der Waals surface area contributed by atoms with Gasteiger partial charge >= 0.3 is 11.9 Å². The maximum absolute atomic E-state index is 11.6. The molecule has 1 heterocycles. The van der Waals surface area contributed by atoms with Gasteiger partial charge in [-0.25, -0.2) is 4.79 Å². The average Bonchev–Trinajstić information content (AvgIpc) is 2.60. The molecular weight excluding hydrogens is 242 g/mol. The van der Waals surface area contributed by atoms with E-state index < -0.39 is 5.97 Å². The summed E-state index contributed by atoms with van der Waals surface area (Å²) in [5, 5.41) is 2.04. The minimum Gasteiger partial charge on any atom is -0.466 e. The van der Waals surface area contributed by atoms with Crippen LogP contribution in [0.4, 0.5) is 5.00 Å². The number of carbonyl (C=O) groups excluding carboxylic acids is 2. The zero-order valence-corrected chi connectivity index (χ0v) is 10.6. The highest BCUT2D eigenvalue weighted by Gasteiger charge is 2.20. The van der Waals surface area contributed by atoms with Gasteiger partial charge in [0.25, 0.3) is 0 Å². The first-order valence-electron chi connectivity index (χ1n) is 5.28. The molecule has 0 aliphatic heterocycles. The van der Waals surface area contributed by atoms with Gasteiger partial charge in [-0.1, -0.05) is 0 Å². The minimum atomic E-state index is -0.495. The fourth-order valence-corrected chi connectivity index (χ4v) is 2.15. The molecule has 2 N–H and O–H groups in total. The molecule has 1 aromatic rings. The molecule has 0 saturated heterocycles. The van der Waals surface area contributed by atoms with Crippen LogP contribution in [-0.2, 0) is 20.7 Å². The second-order valence-electron chi connectivity index (χ2n) is 3.20. The number of thiophene rings is 1. The lowest BCUT2D eigenvalue weighted by atomic mass is 10.1. The summed E-state index contributed by atoms with van der Waals surface area (Å²) in [6.07, 6.45) is 0.0374. The van der Waals surface area contributed by atoms with Crippen LogP contribution in [0.3, 0.4) is 0 Å². The topological polar surface area (TPSA) is 78.6 Å². The van der Waals surface area contributed by atoms with E-state index in [0.29, 0.717) is 17.2 Å². The van der Waals surface area contributed by atoms with E-state index in [1.54, 1.807) is 19.2 Å². The van der Waals surface area contributed by atoms with Crippen LogP contribution < -0.4 is 5.73 Å². The fourth-order valence-electron chi connectivity index (χ4n) is 1.34. The van der Waals surface area contributed by atoms with Crippen molar-refractivity contribution in [3.63, 3.8) is 0 Å². The highest BCUT2D eigenvalue weighted by Crippen LogP contribution is 2.26. The lowest BCUT2D eigenvalue weighted by Crippen LogP contribution is -2.12. The zero-order valence-electron chi connectivity index (χ0n) is 9.82. The van der Waals surface area contributed by atoms with Crippen molar-refractivity contribution in [3.8, 4) is 0 Å². The molecule has 94 valence electrons. The SMILES string of the molecule is CCOC(=O)Cc1csc(N)c1C(=O)OCC. The summed E-state index contributed by atoms with van der Waals surface area (Å²) in [7, 11) is 0. The molecule has 0 radical (unpaired) electrons. The summed E-state index contributed by atoms with van der Waals surface area (Å²) in [4.78, 5) is 23.0. The van der Waals surface area contributed by atoms with Crippen LogP contribution >= 0.6 is 11.3 Å². The molecule has 0 saturated carbocycles. The quantitative estimate of drug-likeness (QED) is 0.811. The molecule has 1 aromatic heterocycles. The van der Waals surface area contributed by atoms with Gasteiger partial charge in [-0.3, -0.25) is 4.79 Å². The van der Waals surface area contributed by atoms with Gasteiger partial charge in [0.2, 0.25) is 0 Å². The standard InChI is InChI=1S/C11H15NO4S/c1-3-15-8(13)5-7-6-17-10(12)9(7)11(14)16-4-2/h6H,3-5,12H2,1-2H3. The molecule has 0 aliphatic rings. The Morgan fingerprint density at radius 3 is 2.53 bits per heavy atom. The smallest absolute Gasteiger partial charge is 0.341 e. The number of rotatable bonds is 5. The number of carbonyl (C=O) groups is 2. The maximum Gasteiger partial charge on any atom is 0.341 e. The third kappa shape index (κ3) is 3.45. The first kappa shape index (κ1) is 13.5. The second-order valence-corrected chi connectivity index (χ2v) is 4.11. The number of ether oxygens (including phenoxy) is 2. The summed E-state index contributed by atoms with van der Waals surface area (Å²) in [5.41, 5.74) is 6.53. The number of hydrogen-bond acceptors (Lipinski definition) is 6. The van der Waals surface area contributed by atoms with Crippen molar-refractivity contribution in [2.45, 2.75) is 20.3 Å². The van der Waals surface area contributed by atoms with Crippen molar-refractivity contribution in [1.29, 1.82) is 0 Å². The molecule has 1 rings (SSSR count). The van der Waals surface area contributed by atoms with E-state index in [2.05, 4.69) is 0 Å². The van der Waals surface area contributed by atoms with Crippen molar-refractivity contribution in [3.05, 3.63) is 16.5 Å². The van der Waals surface area contributed by atoms with Crippen LogP contribution in [-0.4, -0.2) is 25.2 Å². The van der Waals surface area contributed by atoms with Crippen molar-refractivity contribution < 1.29 is 19.1 Å². The molecule has 0 aliphatic carbocycles. The molecule has 0 fully saturated rings. The van der Waals surface area contributed by atoms with E-state index in [9.17, 15) is 9.59 Å². The van der Waals surface area contributed by atoms with Crippen LogP contribution in [0.5, 0.6) is 0 Å². The second kappa shape index (κ2) is 6.24. The molecular formula is C11H15NO4S. The molecule has 0 amide bonds. The van der Waals surface area contributed by atoms with E-state index in [4.69, 9.17) is 15.2 Å².